The second kappa shape index (κ2) is 7.00. The molecule has 1 amide bonds. The summed E-state index contributed by atoms with van der Waals surface area (Å²) in [5.74, 6) is 0.0305. The summed E-state index contributed by atoms with van der Waals surface area (Å²) in [6.07, 6.45) is 2.48. The van der Waals surface area contributed by atoms with Crippen LogP contribution in [0.15, 0.2) is 41.9 Å². The quantitative estimate of drug-likeness (QED) is 0.672. The third-order valence-electron chi connectivity index (χ3n) is 4.43. The molecule has 7 nitrogen and oxygen atoms in total. The number of thiazole rings is 1. The monoisotopic (exact) mass is 386 g/mol. The molecule has 3 heterocycles. The van der Waals surface area contributed by atoms with E-state index < -0.39 is 5.41 Å². The molecule has 0 aliphatic carbocycles. The molecule has 1 aromatic carbocycles. The number of hydrogen-bond donors (Lipinski definition) is 2. The van der Waals surface area contributed by atoms with Gasteiger partial charge in [-0.15, -0.1) is 21.5 Å². The molecule has 0 radical (unpaired) electrons. The largest absolute Gasteiger partial charge is 0.374 e. The van der Waals surface area contributed by atoms with E-state index in [1.165, 1.54) is 11.3 Å². The van der Waals surface area contributed by atoms with Crippen molar-refractivity contribution in [3.63, 3.8) is 0 Å². The van der Waals surface area contributed by atoms with Gasteiger partial charge in [-0.3, -0.25) is 4.79 Å². The maximum Gasteiger partial charge on any atom is 0.230 e. The summed E-state index contributed by atoms with van der Waals surface area (Å²) in [4.78, 5) is 19.5. The summed E-state index contributed by atoms with van der Waals surface area (Å²) in [5, 5.41) is 14.8. The van der Waals surface area contributed by atoms with Crippen LogP contribution in [0.4, 0.5) is 10.3 Å². The standard InChI is InChI=1S/C17H18N6OS2/c18-15-22-21-13(26-15)9-20-14(24)17(8-12-4-2-1-3-5-12)10-23(11-17)16-19-6-7-25-16/h1-7H,8-11H2,(H2,18,22)(H,20,24). The van der Waals surface area contributed by atoms with Gasteiger partial charge in [-0.25, -0.2) is 4.98 Å². The zero-order valence-electron chi connectivity index (χ0n) is 14.0. The van der Waals surface area contributed by atoms with Crippen molar-refractivity contribution in [2.45, 2.75) is 13.0 Å². The highest BCUT2D eigenvalue weighted by Crippen LogP contribution is 2.38. The third kappa shape index (κ3) is 3.40. The zero-order valence-corrected chi connectivity index (χ0v) is 15.6. The van der Waals surface area contributed by atoms with Crippen LogP contribution < -0.4 is 16.0 Å². The minimum Gasteiger partial charge on any atom is -0.374 e. The molecule has 3 aromatic rings. The fourth-order valence-electron chi connectivity index (χ4n) is 3.20. The average Bonchev–Trinajstić information content (AvgIpc) is 3.28. The number of carbonyl (C=O) groups is 1. The molecule has 0 atom stereocenters. The van der Waals surface area contributed by atoms with Crippen LogP contribution in [0.3, 0.4) is 0 Å². The van der Waals surface area contributed by atoms with Gasteiger partial charge in [0.1, 0.15) is 5.01 Å². The number of benzene rings is 1. The summed E-state index contributed by atoms with van der Waals surface area (Å²) in [5.41, 5.74) is 6.29. The van der Waals surface area contributed by atoms with E-state index >= 15 is 0 Å². The Balaban J connectivity index is 1.48. The Morgan fingerprint density at radius 3 is 2.73 bits per heavy atom. The third-order valence-corrected chi connectivity index (χ3v) is 6.01. The minimum absolute atomic E-state index is 0.0305. The summed E-state index contributed by atoms with van der Waals surface area (Å²) in [6, 6.07) is 10.1. The van der Waals surface area contributed by atoms with E-state index in [9.17, 15) is 4.79 Å². The van der Waals surface area contributed by atoms with Crippen molar-refractivity contribution in [1.82, 2.24) is 20.5 Å². The molecule has 0 saturated carbocycles. The maximum atomic E-state index is 13.0. The molecular weight excluding hydrogens is 368 g/mol. The number of anilines is 2. The maximum absolute atomic E-state index is 13.0. The van der Waals surface area contributed by atoms with E-state index in [1.54, 1.807) is 17.5 Å². The molecule has 4 rings (SSSR count). The van der Waals surface area contributed by atoms with Gasteiger partial charge < -0.3 is 16.0 Å². The van der Waals surface area contributed by atoms with Crippen LogP contribution in [0.25, 0.3) is 0 Å². The number of nitrogens with one attached hydrogen (secondary N) is 1. The lowest BCUT2D eigenvalue weighted by Gasteiger charge is -2.49. The Kier molecular flexibility index (Phi) is 4.56. The first-order valence-electron chi connectivity index (χ1n) is 8.19. The van der Waals surface area contributed by atoms with Gasteiger partial charge in [0.05, 0.1) is 12.0 Å². The predicted octanol–water partition coefficient (Wildman–Crippen LogP) is 1.94. The Hall–Kier alpha value is -2.52. The normalized spacial score (nSPS) is 15.5. The molecule has 1 aliphatic heterocycles. The van der Waals surface area contributed by atoms with Crippen molar-refractivity contribution in [1.29, 1.82) is 0 Å². The topological polar surface area (TPSA) is 97.0 Å². The van der Waals surface area contributed by atoms with Crippen molar-refractivity contribution < 1.29 is 4.79 Å². The van der Waals surface area contributed by atoms with Crippen LogP contribution >= 0.6 is 22.7 Å². The predicted molar refractivity (Wildman–Crippen MR) is 103 cm³/mol. The van der Waals surface area contributed by atoms with Crippen molar-refractivity contribution >= 4 is 38.8 Å². The molecule has 1 aliphatic rings. The first kappa shape index (κ1) is 16.9. The smallest absolute Gasteiger partial charge is 0.230 e. The van der Waals surface area contributed by atoms with Crippen LogP contribution in [0.1, 0.15) is 10.6 Å². The van der Waals surface area contributed by atoms with Gasteiger partial charge in [0.15, 0.2) is 5.13 Å². The molecule has 0 spiro atoms. The highest BCUT2D eigenvalue weighted by Gasteiger charge is 2.49. The molecular formula is C17H18N6OS2. The fourth-order valence-corrected chi connectivity index (χ4v) is 4.39. The molecule has 1 saturated heterocycles. The number of nitrogen functional groups attached to an aromatic ring is 1. The van der Waals surface area contributed by atoms with E-state index in [4.69, 9.17) is 5.73 Å². The van der Waals surface area contributed by atoms with E-state index in [2.05, 4.69) is 37.5 Å². The molecule has 134 valence electrons. The molecule has 9 heteroatoms. The van der Waals surface area contributed by atoms with Gasteiger partial charge >= 0.3 is 0 Å². The lowest BCUT2D eigenvalue weighted by Crippen LogP contribution is -2.64. The number of nitrogens with two attached hydrogens (primary N) is 1. The minimum atomic E-state index is -0.469. The van der Waals surface area contributed by atoms with Gasteiger partial charge in [-0.1, -0.05) is 41.7 Å². The number of hydrogen-bond acceptors (Lipinski definition) is 8. The van der Waals surface area contributed by atoms with Gasteiger partial charge in [-0.05, 0) is 12.0 Å². The SMILES string of the molecule is Nc1nnc(CNC(=O)C2(Cc3ccccc3)CN(c3nccs3)C2)s1. The molecule has 0 bridgehead atoms. The molecule has 1 fully saturated rings. The van der Waals surface area contributed by atoms with Crippen molar-refractivity contribution in [2.24, 2.45) is 5.41 Å². The van der Waals surface area contributed by atoms with Crippen LogP contribution in [-0.2, 0) is 17.8 Å². The van der Waals surface area contributed by atoms with Crippen molar-refractivity contribution in [2.75, 3.05) is 23.7 Å². The Morgan fingerprint density at radius 1 is 1.27 bits per heavy atom. The van der Waals surface area contributed by atoms with E-state index in [-0.39, 0.29) is 5.91 Å². The van der Waals surface area contributed by atoms with Gasteiger partial charge in [-0.2, -0.15) is 0 Å². The second-order valence-corrected chi connectivity index (χ2v) is 8.30. The molecule has 3 N–H and O–H groups in total. The van der Waals surface area contributed by atoms with Gasteiger partial charge in [0.25, 0.3) is 0 Å². The summed E-state index contributed by atoms with van der Waals surface area (Å²) in [7, 11) is 0. The lowest BCUT2D eigenvalue weighted by atomic mass is 9.74. The second-order valence-electron chi connectivity index (χ2n) is 6.33. The van der Waals surface area contributed by atoms with Crippen LogP contribution in [0.5, 0.6) is 0 Å². The number of amides is 1. The van der Waals surface area contributed by atoms with Crippen LogP contribution in [-0.4, -0.2) is 34.2 Å². The number of aromatic nitrogens is 3. The molecule has 2 aromatic heterocycles. The highest BCUT2D eigenvalue weighted by molar-refractivity contribution is 7.15. The van der Waals surface area contributed by atoms with Gasteiger partial charge in [0.2, 0.25) is 11.0 Å². The van der Waals surface area contributed by atoms with Crippen molar-refractivity contribution in [3.05, 3.63) is 52.5 Å². The van der Waals surface area contributed by atoms with Gasteiger partial charge in [0, 0.05) is 24.7 Å². The highest BCUT2D eigenvalue weighted by atomic mass is 32.1. The molecule has 0 unspecified atom stereocenters. The van der Waals surface area contributed by atoms with E-state index in [1.807, 2.05) is 23.6 Å². The Bertz CT molecular complexity index is 874. The molecule has 26 heavy (non-hydrogen) atoms. The fraction of sp³-hybridized carbons (Fsp3) is 0.294. The summed E-state index contributed by atoms with van der Waals surface area (Å²) in [6.45, 7) is 1.65. The average molecular weight is 387 g/mol. The summed E-state index contributed by atoms with van der Waals surface area (Å²) < 4.78 is 0. The first-order chi connectivity index (χ1) is 12.6. The lowest BCUT2D eigenvalue weighted by molar-refractivity contribution is -0.132. The summed E-state index contributed by atoms with van der Waals surface area (Å²) >= 11 is 2.88. The van der Waals surface area contributed by atoms with Crippen LogP contribution in [0, 0.1) is 5.41 Å². The van der Waals surface area contributed by atoms with Crippen LogP contribution in [0.2, 0.25) is 0 Å². The van der Waals surface area contributed by atoms with Crippen molar-refractivity contribution in [3.8, 4) is 0 Å². The Labute approximate surface area is 158 Å². The first-order valence-corrected chi connectivity index (χ1v) is 9.89. The number of nitrogens with zero attached hydrogens (tertiary/aromatic N) is 4. The van der Waals surface area contributed by atoms with E-state index in [0.717, 1.165) is 10.7 Å². The van der Waals surface area contributed by atoms with E-state index in [0.29, 0.717) is 36.2 Å². The number of rotatable bonds is 6. The number of carbonyl (C=O) groups excluding carboxylic acids is 1. The Morgan fingerprint density at radius 2 is 2.08 bits per heavy atom. The zero-order chi connectivity index (χ0) is 18.0.